The fraction of sp³-hybridized carbons (Fsp3) is 0.190. The maximum Gasteiger partial charge on any atom is 0.336 e. The second-order valence-electron chi connectivity index (χ2n) is 6.69. The third-order valence-corrected chi connectivity index (χ3v) is 5.86. The normalized spacial score (nSPS) is 18.2. The lowest BCUT2D eigenvalue weighted by Crippen LogP contribution is -2.23. The molecule has 7 nitrogen and oxygen atoms in total. The third-order valence-electron chi connectivity index (χ3n) is 4.80. The topological polar surface area (TPSA) is 88.4 Å². The first-order chi connectivity index (χ1) is 13.8. The number of thioether (sulfide) groups is 1. The van der Waals surface area contributed by atoms with Crippen molar-refractivity contribution in [1.82, 2.24) is 4.90 Å². The van der Waals surface area contributed by atoms with E-state index < -0.39 is 5.97 Å². The van der Waals surface area contributed by atoms with Crippen molar-refractivity contribution in [2.75, 3.05) is 13.8 Å². The lowest BCUT2D eigenvalue weighted by atomic mass is 10.1. The molecule has 0 aromatic heterocycles. The van der Waals surface area contributed by atoms with Gasteiger partial charge < -0.3 is 14.6 Å². The molecule has 8 heteroatoms. The highest BCUT2D eigenvalue weighted by atomic mass is 32.2. The summed E-state index contributed by atoms with van der Waals surface area (Å²) in [5.41, 5.74) is 3.10. The number of aliphatic imine (C=N–C) groups is 1. The van der Waals surface area contributed by atoms with Crippen LogP contribution >= 0.6 is 11.8 Å². The van der Waals surface area contributed by atoms with Gasteiger partial charge in [0.05, 0.1) is 16.2 Å². The van der Waals surface area contributed by atoms with Crippen LogP contribution in [0, 0.1) is 13.8 Å². The molecule has 1 fully saturated rings. The van der Waals surface area contributed by atoms with Gasteiger partial charge in [0.2, 0.25) is 6.79 Å². The molecule has 1 amide bonds. The monoisotopic (exact) mass is 410 g/mol. The Morgan fingerprint density at radius 3 is 2.69 bits per heavy atom. The van der Waals surface area contributed by atoms with Crippen molar-refractivity contribution < 1.29 is 24.2 Å². The number of hydrogen-bond donors (Lipinski definition) is 1. The molecule has 0 radical (unpaired) electrons. The highest BCUT2D eigenvalue weighted by Crippen LogP contribution is 2.38. The van der Waals surface area contributed by atoms with Crippen LogP contribution in [0.5, 0.6) is 11.5 Å². The molecule has 0 unspecified atom stereocenters. The number of hydrogen-bond acceptors (Lipinski definition) is 6. The Bertz CT molecular complexity index is 1110. The average Bonchev–Trinajstić information content (AvgIpc) is 3.23. The number of carboxylic acids is 1. The molecule has 29 heavy (non-hydrogen) atoms. The van der Waals surface area contributed by atoms with Crippen molar-refractivity contribution >= 4 is 40.6 Å². The van der Waals surface area contributed by atoms with Gasteiger partial charge in [-0.05, 0) is 72.6 Å². The molecule has 148 valence electrons. The van der Waals surface area contributed by atoms with Crippen LogP contribution in [-0.2, 0) is 4.79 Å². The third kappa shape index (κ3) is 3.47. The van der Waals surface area contributed by atoms with E-state index in [0.29, 0.717) is 32.8 Å². The van der Waals surface area contributed by atoms with E-state index in [-0.39, 0.29) is 18.3 Å². The molecular weight excluding hydrogens is 392 g/mol. The van der Waals surface area contributed by atoms with Crippen molar-refractivity contribution in [3.05, 3.63) is 57.5 Å². The molecule has 0 atom stereocenters. The summed E-state index contributed by atoms with van der Waals surface area (Å²) >= 11 is 1.25. The molecular formula is C21H18N2O5S. The van der Waals surface area contributed by atoms with Crippen LogP contribution in [0.15, 0.2) is 40.2 Å². The largest absolute Gasteiger partial charge is 0.478 e. The van der Waals surface area contributed by atoms with Crippen molar-refractivity contribution in [2.45, 2.75) is 13.8 Å². The Labute approximate surface area is 171 Å². The van der Waals surface area contributed by atoms with Crippen LogP contribution in [0.2, 0.25) is 0 Å². The predicted molar refractivity (Wildman–Crippen MR) is 111 cm³/mol. The molecule has 0 saturated carbocycles. The van der Waals surface area contributed by atoms with Crippen LogP contribution in [-0.4, -0.2) is 40.9 Å². The molecule has 2 aliphatic heterocycles. The summed E-state index contributed by atoms with van der Waals surface area (Å²) in [7, 11) is 1.65. The molecule has 1 saturated heterocycles. The Kier molecular flexibility index (Phi) is 4.79. The van der Waals surface area contributed by atoms with Gasteiger partial charge in [-0.15, -0.1) is 0 Å². The lowest BCUT2D eigenvalue weighted by molar-refractivity contribution is -0.121. The number of carboxylic acid groups (broad SMARTS) is 1. The summed E-state index contributed by atoms with van der Waals surface area (Å²) < 4.78 is 10.8. The average molecular weight is 410 g/mol. The standard InChI is InChI=1S/C21H18N2O5S/c1-11-7-16-17(28-10-27-16)8-13(11)9-18-19(24)23(3)21(29-18)22-15-6-4-5-14(12(15)2)20(25)26/h4-9H,10H2,1-3H3,(H,25,26)/b18-9-,22-21?. The number of carbonyl (C=O) groups excluding carboxylic acids is 1. The highest BCUT2D eigenvalue weighted by molar-refractivity contribution is 8.18. The minimum atomic E-state index is -1.01. The molecule has 0 spiro atoms. The van der Waals surface area contributed by atoms with Gasteiger partial charge in [-0.25, -0.2) is 9.79 Å². The van der Waals surface area contributed by atoms with Crippen LogP contribution in [0.25, 0.3) is 6.08 Å². The number of aromatic carboxylic acids is 1. The fourth-order valence-electron chi connectivity index (χ4n) is 3.09. The van der Waals surface area contributed by atoms with Gasteiger partial charge in [0.25, 0.3) is 5.91 Å². The first kappa shape index (κ1) is 19.1. The summed E-state index contributed by atoms with van der Waals surface area (Å²) in [6, 6.07) is 8.65. The number of rotatable bonds is 3. The molecule has 2 aromatic rings. The maximum absolute atomic E-state index is 12.7. The van der Waals surface area contributed by atoms with Crippen LogP contribution in [0.3, 0.4) is 0 Å². The number of benzene rings is 2. The van der Waals surface area contributed by atoms with Gasteiger partial charge in [-0.2, -0.15) is 0 Å². The molecule has 1 N–H and O–H groups in total. The summed E-state index contributed by atoms with van der Waals surface area (Å²) in [5, 5.41) is 9.79. The lowest BCUT2D eigenvalue weighted by Gasteiger charge is -2.09. The van der Waals surface area contributed by atoms with E-state index in [4.69, 9.17) is 9.47 Å². The number of ether oxygens (including phenoxy) is 2. The Morgan fingerprint density at radius 2 is 1.97 bits per heavy atom. The SMILES string of the molecule is Cc1cc2c(cc1/C=C1\SC(=Nc3cccc(C(=O)O)c3C)N(C)C1=O)OCO2. The molecule has 0 bridgehead atoms. The van der Waals surface area contributed by atoms with Gasteiger partial charge in [-0.3, -0.25) is 9.69 Å². The minimum absolute atomic E-state index is 0.169. The number of aryl methyl sites for hydroxylation is 1. The quantitative estimate of drug-likeness (QED) is 0.771. The zero-order chi connectivity index (χ0) is 20.7. The van der Waals surface area contributed by atoms with E-state index in [2.05, 4.69) is 4.99 Å². The van der Waals surface area contributed by atoms with Crippen molar-refractivity contribution in [2.24, 2.45) is 4.99 Å². The van der Waals surface area contributed by atoms with Gasteiger partial charge >= 0.3 is 5.97 Å². The number of nitrogens with zero attached hydrogens (tertiary/aromatic N) is 2. The second-order valence-corrected chi connectivity index (χ2v) is 7.70. The van der Waals surface area contributed by atoms with Crippen molar-refractivity contribution in [3.63, 3.8) is 0 Å². The van der Waals surface area contributed by atoms with E-state index in [0.717, 1.165) is 11.1 Å². The molecule has 2 heterocycles. The Balaban J connectivity index is 1.68. The van der Waals surface area contributed by atoms with Gasteiger partial charge in [0.15, 0.2) is 16.7 Å². The van der Waals surface area contributed by atoms with Crippen molar-refractivity contribution in [1.29, 1.82) is 0 Å². The summed E-state index contributed by atoms with van der Waals surface area (Å²) in [5.74, 6) is 0.175. The first-order valence-electron chi connectivity index (χ1n) is 8.84. The summed E-state index contributed by atoms with van der Waals surface area (Å²) in [6.45, 7) is 3.84. The predicted octanol–water partition coefficient (Wildman–Crippen LogP) is 3.96. The molecule has 2 aliphatic rings. The molecule has 0 aliphatic carbocycles. The van der Waals surface area contributed by atoms with E-state index in [1.807, 2.05) is 25.1 Å². The van der Waals surface area contributed by atoms with E-state index in [1.54, 1.807) is 26.1 Å². The maximum atomic E-state index is 12.7. The summed E-state index contributed by atoms with van der Waals surface area (Å²) in [6.07, 6.45) is 1.81. The highest BCUT2D eigenvalue weighted by Gasteiger charge is 2.31. The van der Waals surface area contributed by atoms with E-state index in [9.17, 15) is 14.7 Å². The van der Waals surface area contributed by atoms with Crippen LogP contribution in [0.1, 0.15) is 27.0 Å². The first-order valence-corrected chi connectivity index (χ1v) is 9.66. The number of likely N-dealkylation sites (N-methyl/N-ethyl adjacent to an activating group) is 1. The van der Waals surface area contributed by atoms with Crippen LogP contribution in [0.4, 0.5) is 5.69 Å². The van der Waals surface area contributed by atoms with E-state index >= 15 is 0 Å². The number of fused-ring (bicyclic) bond motifs is 1. The smallest absolute Gasteiger partial charge is 0.336 e. The Hall–Kier alpha value is -3.26. The zero-order valence-electron chi connectivity index (χ0n) is 16.1. The minimum Gasteiger partial charge on any atom is -0.478 e. The van der Waals surface area contributed by atoms with Gasteiger partial charge in [-0.1, -0.05) is 6.07 Å². The fourth-order valence-corrected chi connectivity index (χ4v) is 4.06. The number of carbonyl (C=O) groups is 2. The van der Waals surface area contributed by atoms with Crippen molar-refractivity contribution in [3.8, 4) is 11.5 Å². The summed E-state index contributed by atoms with van der Waals surface area (Å²) in [4.78, 5) is 30.6. The van der Waals surface area contributed by atoms with Gasteiger partial charge in [0.1, 0.15) is 0 Å². The van der Waals surface area contributed by atoms with Gasteiger partial charge in [0, 0.05) is 7.05 Å². The Morgan fingerprint density at radius 1 is 1.24 bits per heavy atom. The number of amidine groups is 1. The van der Waals surface area contributed by atoms with Crippen LogP contribution < -0.4 is 9.47 Å². The zero-order valence-corrected chi connectivity index (χ0v) is 16.9. The molecule has 2 aromatic carbocycles. The number of amides is 1. The second kappa shape index (κ2) is 7.29. The molecule has 4 rings (SSSR count). The van der Waals surface area contributed by atoms with E-state index in [1.165, 1.54) is 22.7 Å².